The van der Waals surface area contributed by atoms with Crippen LogP contribution in [0.15, 0.2) is 12.2 Å². The molecule has 2 heteroatoms. The Balaban J connectivity index is 3.61. The standard InChI is InChI=1S/C11H22O2/c1-9(2)11(13)6-4-5-10(3)7-8-12/h4-5,9-13H,6-8H2,1-3H3/b5-4-/t10-,11+/m0/s1. The molecule has 0 amide bonds. The topological polar surface area (TPSA) is 40.5 Å². The first-order valence-electron chi connectivity index (χ1n) is 5.03. The van der Waals surface area contributed by atoms with Crippen LogP contribution in [-0.4, -0.2) is 22.9 Å². The van der Waals surface area contributed by atoms with Gasteiger partial charge in [0, 0.05) is 6.61 Å². The lowest BCUT2D eigenvalue weighted by Crippen LogP contribution is -2.12. The Kier molecular flexibility index (Phi) is 6.92. The fourth-order valence-electron chi connectivity index (χ4n) is 1.02. The number of allylic oxidation sites excluding steroid dienone is 1. The second kappa shape index (κ2) is 7.10. The van der Waals surface area contributed by atoms with Crippen molar-refractivity contribution in [2.45, 2.75) is 39.7 Å². The number of hydrogen-bond acceptors (Lipinski definition) is 2. The molecule has 0 aromatic rings. The minimum absolute atomic E-state index is 0.234. The highest BCUT2D eigenvalue weighted by Crippen LogP contribution is 2.08. The summed E-state index contributed by atoms with van der Waals surface area (Å²) in [5, 5.41) is 18.1. The second-order valence-corrected chi connectivity index (χ2v) is 3.96. The lowest BCUT2D eigenvalue weighted by Gasteiger charge is -2.11. The fraction of sp³-hybridized carbons (Fsp3) is 0.818. The Morgan fingerprint density at radius 2 is 1.85 bits per heavy atom. The average molecular weight is 186 g/mol. The van der Waals surface area contributed by atoms with E-state index < -0.39 is 0 Å². The first-order chi connectivity index (χ1) is 6.07. The van der Waals surface area contributed by atoms with E-state index in [-0.39, 0.29) is 12.7 Å². The molecule has 0 aromatic carbocycles. The van der Waals surface area contributed by atoms with E-state index in [1.807, 2.05) is 19.9 Å². The van der Waals surface area contributed by atoms with Gasteiger partial charge in [0.25, 0.3) is 0 Å². The van der Waals surface area contributed by atoms with Gasteiger partial charge in [-0.2, -0.15) is 0 Å². The highest BCUT2D eigenvalue weighted by molar-refractivity contribution is 4.88. The zero-order valence-corrected chi connectivity index (χ0v) is 8.90. The highest BCUT2D eigenvalue weighted by Gasteiger charge is 2.06. The molecule has 0 saturated carbocycles. The molecule has 0 fully saturated rings. The van der Waals surface area contributed by atoms with Crippen molar-refractivity contribution in [2.24, 2.45) is 11.8 Å². The maximum absolute atomic E-state index is 9.47. The molecular formula is C11H22O2. The molecule has 2 atom stereocenters. The van der Waals surface area contributed by atoms with Gasteiger partial charge in [0.05, 0.1) is 6.10 Å². The van der Waals surface area contributed by atoms with Gasteiger partial charge in [0.1, 0.15) is 0 Å². The predicted octanol–water partition coefficient (Wildman–Crippen LogP) is 1.97. The van der Waals surface area contributed by atoms with Crippen LogP contribution < -0.4 is 0 Å². The molecule has 0 saturated heterocycles. The van der Waals surface area contributed by atoms with Crippen molar-refractivity contribution < 1.29 is 10.2 Å². The molecule has 2 nitrogen and oxygen atoms in total. The Bertz CT molecular complexity index is 141. The van der Waals surface area contributed by atoms with Crippen LogP contribution >= 0.6 is 0 Å². The third-order valence-corrected chi connectivity index (χ3v) is 2.20. The van der Waals surface area contributed by atoms with Gasteiger partial charge in [-0.1, -0.05) is 32.9 Å². The van der Waals surface area contributed by atoms with Crippen LogP contribution in [0.3, 0.4) is 0 Å². The zero-order valence-electron chi connectivity index (χ0n) is 8.90. The summed E-state index contributed by atoms with van der Waals surface area (Å²) in [4.78, 5) is 0. The molecule has 0 unspecified atom stereocenters. The Labute approximate surface area is 81.3 Å². The summed E-state index contributed by atoms with van der Waals surface area (Å²) in [6.07, 6.45) is 5.34. The summed E-state index contributed by atoms with van der Waals surface area (Å²) in [5.74, 6) is 0.724. The molecule has 0 radical (unpaired) electrons. The van der Waals surface area contributed by atoms with E-state index in [2.05, 4.69) is 13.0 Å². The summed E-state index contributed by atoms with van der Waals surface area (Å²) >= 11 is 0. The van der Waals surface area contributed by atoms with Gasteiger partial charge in [0.2, 0.25) is 0 Å². The average Bonchev–Trinajstić information content (AvgIpc) is 2.04. The maximum atomic E-state index is 9.47. The van der Waals surface area contributed by atoms with Gasteiger partial charge in [-0.05, 0) is 24.7 Å². The monoisotopic (exact) mass is 186 g/mol. The molecule has 0 aliphatic heterocycles. The Morgan fingerprint density at radius 3 is 2.31 bits per heavy atom. The van der Waals surface area contributed by atoms with E-state index >= 15 is 0 Å². The number of rotatable bonds is 6. The van der Waals surface area contributed by atoms with Crippen molar-refractivity contribution in [1.82, 2.24) is 0 Å². The summed E-state index contributed by atoms with van der Waals surface area (Å²) in [6, 6.07) is 0. The molecule has 78 valence electrons. The van der Waals surface area contributed by atoms with Crippen molar-refractivity contribution in [3.8, 4) is 0 Å². The minimum Gasteiger partial charge on any atom is -0.396 e. The molecule has 2 N–H and O–H groups in total. The van der Waals surface area contributed by atoms with E-state index in [4.69, 9.17) is 5.11 Å². The molecule has 0 rings (SSSR count). The minimum atomic E-state index is -0.238. The van der Waals surface area contributed by atoms with Crippen LogP contribution in [0.25, 0.3) is 0 Å². The molecule has 0 aromatic heterocycles. The quantitative estimate of drug-likeness (QED) is 0.623. The number of hydrogen-bond donors (Lipinski definition) is 2. The van der Waals surface area contributed by atoms with Crippen molar-refractivity contribution >= 4 is 0 Å². The molecule has 13 heavy (non-hydrogen) atoms. The van der Waals surface area contributed by atoms with E-state index in [0.29, 0.717) is 18.3 Å². The SMILES string of the molecule is CC(C)[C@H](O)C/C=C\[C@H](C)CCO. The first kappa shape index (κ1) is 12.7. The van der Waals surface area contributed by atoms with Crippen LogP contribution in [0.2, 0.25) is 0 Å². The van der Waals surface area contributed by atoms with E-state index in [1.165, 1.54) is 0 Å². The number of aliphatic hydroxyl groups is 2. The van der Waals surface area contributed by atoms with E-state index in [1.54, 1.807) is 0 Å². The van der Waals surface area contributed by atoms with Crippen molar-refractivity contribution in [2.75, 3.05) is 6.61 Å². The van der Waals surface area contributed by atoms with E-state index in [0.717, 1.165) is 6.42 Å². The molecule has 0 spiro atoms. The summed E-state index contributed by atoms with van der Waals surface area (Å²) in [7, 11) is 0. The van der Waals surface area contributed by atoms with Crippen molar-refractivity contribution in [3.05, 3.63) is 12.2 Å². The van der Waals surface area contributed by atoms with Gasteiger partial charge in [-0.25, -0.2) is 0 Å². The van der Waals surface area contributed by atoms with Crippen LogP contribution in [0.4, 0.5) is 0 Å². The molecular weight excluding hydrogens is 164 g/mol. The molecule has 0 aliphatic carbocycles. The third-order valence-electron chi connectivity index (χ3n) is 2.20. The fourth-order valence-corrected chi connectivity index (χ4v) is 1.02. The third kappa shape index (κ3) is 6.79. The number of aliphatic hydroxyl groups excluding tert-OH is 2. The Morgan fingerprint density at radius 1 is 1.23 bits per heavy atom. The first-order valence-corrected chi connectivity index (χ1v) is 5.03. The lowest BCUT2D eigenvalue weighted by atomic mass is 10.0. The predicted molar refractivity (Wildman–Crippen MR) is 55.5 cm³/mol. The normalized spacial score (nSPS) is 16.8. The van der Waals surface area contributed by atoms with Gasteiger partial charge < -0.3 is 10.2 Å². The Hall–Kier alpha value is -0.340. The van der Waals surface area contributed by atoms with Crippen LogP contribution in [0, 0.1) is 11.8 Å². The lowest BCUT2D eigenvalue weighted by molar-refractivity contribution is 0.128. The van der Waals surface area contributed by atoms with Crippen LogP contribution in [0.5, 0.6) is 0 Å². The smallest absolute Gasteiger partial charge is 0.0597 e. The highest BCUT2D eigenvalue weighted by atomic mass is 16.3. The van der Waals surface area contributed by atoms with E-state index in [9.17, 15) is 5.11 Å². The van der Waals surface area contributed by atoms with Gasteiger partial charge >= 0.3 is 0 Å². The van der Waals surface area contributed by atoms with Gasteiger partial charge in [-0.3, -0.25) is 0 Å². The van der Waals surface area contributed by atoms with Crippen LogP contribution in [-0.2, 0) is 0 Å². The summed E-state index contributed by atoms with van der Waals surface area (Å²) < 4.78 is 0. The maximum Gasteiger partial charge on any atom is 0.0597 e. The molecule has 0 bridgehead atoms. The summed E-state index contributed by atoms with van der Waals surface area (Å²) in [5.41, 5.74) is 0. The van der Waals surface area contributed by atoms with Gasteiger partial charge in [0.15, 0.2) is 0 Å². The van der Waals surface area contributed by atoms with Crippen molar-refractivity contribution in [3.63, 3.8) is 0 Å². The van der Waals surface area contributed by atoms with Gasteiger partial charge in [-0.15, -0.1) is 0 Å². The molecule has 0 aliphatic rings. The summed E-state index contributed by atoms with van der Waals surface area (Å²) in [6.45, 7) is 6.32. The second-order valence-electron chi connectivity index (χ2n) is 3.96. The zero-order chi connectivity index (χ0) is 10.3. The van der Waals surface area contributed by atoms with Crippen LogP contribution in [0.1, 0.15) is 33.6 Å². The van der Waals surface area contributed by atoms with Crippen molar-refractivity contribution in [1.29, 1.82) is 0 Å². The largest absolute Gasteiger partial charge is 0.396 e. The molecule has 0 heterocycles.